The molecule has 0 saturated carbocycles. The maximum atomic E-state index is 13.9. The monoisotopic (exact) mass is 693 g/mol. The van der Waals surface area contributed by atoms with Crippen LogP contribution in [0.1, 0.15) is 55.5 Å². The van der Waals surface area contributed by atoms with Gasteiger partial charge >= 0.3 is 5.91 Å². The number of Topliss-reactive ketones (excluding diaryl/α,β-unsaturated/α-hetero) is 1. The third-order valence-electron chi connectivity index (χ3n) is 8.49. The van der Waals surface area contributed by atoms with Crippen molar-refractivity contribution in [2.75, 3.05) is 18.1 Å². The Labute approximate surface area is 292 Å². The van der Waals surface area contributed by atoms with Gasteiger partial charge in [-0.3, -0.25) is 14.5 Å². The Morgan fingerprint density at radius 1 is 1.00 bits per heavy atom. The Morgan fingerprint density at radius 2 is 1.84 bits per heavy atom. The zero-order chi connectivity index (χ0) is 34.1. The molecule has 1 amide bonds. The number of hydrogen-bond acceptors (Lipinski definition) is 10. The summed E-state index contributed by atoms with van der Waals surface area (Å²) in [6.07, 6.45) is 1.50. The van der Waals surface area contributed by atoms with E-state index < -0.39 is 17.7 Å². The molecule has 5 aromatic rings. The Hall–Kier alpha value is -4.87. The number of hydrogen-bond donors (Lipinski definition) is 1. The fourth-order valence-electron chi connectivity index (χ4n) is 6.28. The zero-order valence-corrected chi connectivity index (χ0v) is 29.0. The number of carbonyl (C=O) groups excluding carboxylic acids is 2. The number of nitrogens with zero attached hydrogens (tertiary/aromatic N) is 3. The Morgan fingerprint density at radius 3 is 2.67 bits per heavy atom. The van der Waals surface area contributed by atoms with E-state index in [9.17, 15) is 14.7 Å². The van der Waals surface area contributed by atoms with Gasteiger partial charge in [-0.25, -0.2) is 0 Å². The number of thioether (sulfide) groups is 1. The summed E-state index contributed by atoms with van der Waals surface area (Å²) in [5.41, 5.74) is 3.03. The van der Waals surface area contributed by atoms with Crippen LogP contribution in [0.4, 0.5) is 5.13 Å². The van der Waals surface area contributed by atoms with E-state index in [1.807, 2.05) is 45.0 Å². The molecule has 1 fully saturated rings. The third-order valence-corrected chi connectivity index (χ3v) is 10.6. The normalized spacial score (nSPS) is 18.1. The van der Waals surface area contributed by atoms with Gasteiger partial charge < -0.3 is 19.3 Å². The fraction of sp³-hybridized carbons (Fsp3) is 0.263. The summed E-state index contributed by atoms with van der Waals surface area (Å²) in [6.45, 7) is 6.76. The maximum absolute atomic E-state index is 13.9. The van der Waals surface area contributed by atoms with Crippen molar-refractivity contribution < 1.29 is 28.9 Å². The minimum atomic E-state index is -0.994. The molecule has 3 heterocycles. The standard InChI is InChI=1S/C38H35N3O6S2/c1-4-17-46-30-16-13-24(20-31(30)45-5-2)33-32(34(42)25-14-15-29-27(19-25)18-22(3)47-29)35(43)36(44)41(33)37-39-40-38(49-37)48-21-26-11-8-10-23-9-6-7-12-28(23)26/h6-16,19-20,22,33,42H,4-5,17-18,21H2,1-3H3/b34-32-. The van der Waals surface area contributed by atoms with Crippen molar-refractivity contribution in [2.45, 2.75) is 55.9 Å². The highest BCUT2D eigenvalue weighted by Crippen LogP contribution is 2.46. The molecule has 2 aliphatic heterocycles. The van der Waals surface area contributed by atoms with Gasteiger partial charge in [-0.2, -0.15) is 0 Å². The van der Waals surface area contributed by atoms with Gasteiger partial charge in [0.1, 0.15) is 17.6 Å². The van der Waals surface area contributed by atoms with Gasteiger partial charge in [0.05, 0.1) is 24.8 Å². The molecule has 4 aromatic carbocycles. The molecule has 0 spiro atoms. The fourth-order valence-corrected chi connectivity index (χ4v) is 8.15. The number of ketones is 1. The molecule has 0 bridgehead atoms. The second-order valence-electron chi connectivity index (χ2n) is 11.9. The molecule has 250 valence electrons. The van der Waals surface area contributed by atoms with Gasteiger partial charge in [0, 0.05) is 17.7 Å². The summed E-state index contributed by atoms with van der Waals surface area (Å²) in [5.74, 6) is 0.551. The highest BCUT2D eigenvalue weighted by atomic mass is 32.2. The van der Waals surface area contributed by atoms with E-state index >= 15 is 0 Å². The number of aromatic nitrogens is 2. The van der Waals surface area contributed by atoms with E-state index in [0.29, 0.717) is 52.4 Å². The average Bonchev–Trinajstić information content (AvgIpc) is 3.81. The number of ether oxygens (including phenoxy) is 3. The largest absolute Gasteiger partial charge is 0.507 e. The van der Waals surface area contributed by atoms with Crippen molar-refractivity contribution in [1.29, 1.82) is 0 Å². The van der Waals surface area contributed by atoms with Crippen molar-refractivity contribution in [3.8, 4) is 17.2 Å². The molecule has 7 rings (SSSR count). The second-order valence-corrected chi connectivity index (χ2v) is 14.1. The first-order valence-electron chi connectivity index (χ1n) is 16.3. The molecule has 0 aliphatic carbocycles. The molecular formula is C38H35N3O6S2. The summed E-state index contributed by atoms with van der Waals surface area (Å²) < 4.78 is 18.4. The molecule has 0 radical (unpaired) electrons. The average molecular weight is 694 g/mol. The lowest BCUT2D eigenvalue weighted by molar-refractivity contribution is -0.132. The van der Waals surface area contributed by atoms with Crippen LogP contribution in [0.15, 0.2) is 88.8 Å². The second kappa shape index (κ2) is 13.9. The number of fused-ring (bicyclic) bond motifs is 2. The summed E-state index contributed by atoms with van der Waals surface area (Å²) in [5, 5.41) is 23.2. The molecule has 11 heteroatoms. The van der Waals surface area contributed by atoms with Gasteiger partial charge in [-0.1, -0.05) is 78.6 Å². The van der Waals surface area contributed by atoms with Gasteiger partial charge in [0.25, 0.3) is 5.78 Å². The van der Waals surface area contributed by atoms with Gasteiger partial charge in [-0.15, -0.1) is 10.2 Å². The molecule has 2 unspecified atom stereocenters. The molecule has 49 heavy (non-hydrogen) atoms. The van der Waals surface area contributed by atoms with Crippen LogP contribution in [0.2, 0.25) is 0 Å². The maximum Gasteiger partial charge on any atom is 0.301 e. The lowest BCUT2D eigenvalue weighted by Gasteiger charge is -2.23. The van der Waals surface area contributed by atoms with Crippen LogP contribution in [0.3, 0.4) is 0 Å². The Kier molecular flexibility index (Phi) is 9.29. The molecule has 2 atom stereocenters. The van der Waals surface area contributed by atoms with Crippen molar-refractivity contribution in [2.24, 2.45) is 0 Å². The lowest BCUT2D eigenvalue weighted by atomic mass is 9.94. The summed E-state index contributed by atoms with van der Waals surface area (Å²) in [7, 11) is 0. The third kappa shape index (κ3) is 6.36. The van der Waals surface area contributed by atoms with Crippen LogP contribution in [0.25, 0.3) is 16.5 Å². The lowest BCUT2D eigenvalue weighted by Crippen LogP contribution is -2.29. The van der Waals surface area contributed by atoms with Crippen LogP contribution in [-0.4, -0.2) is 46.3 Å². The molecule has 9 nitrogen and oxygen atoms in total. The van der Waals surface area contributed by atoms with Gasteiger partial charge in [0.2, 0.25) is 5.13 Å². The minimum Gasteiger partial charge on any atom is -0.507 e. The number of amides is 1. The molecule has 1 aromatic heterocycles. The van der Waals surface area contributed by atoms with Crippen molar-refractivity contribution in [1.82, 2.24) is 10.2 Å². The van der Waals surface area contributed by atoms with E-state index in [0.717, 1.165) is 34.1 Å². The van der Waals surface area contributed by atoms with Crippen LogP contribution in [-0.2, 0) is 21.8 Å². The van der Waals surface area contributed by atoms with Crippen molar-refractivity contribution in [3.05, 3.63) is 107 Å². The van der Waals surface area contributed by atoms with Crippen LogP contribution < -0.4 is 19.1 Å². The van der Waals surface area contributed by atoms with E-state index in [1.165, 1.54) is 28.0 Å². The predicted octanol–water partition coefficient (Wildman–Crippen LogP) is 8.12. The SMILES string of the molecule is CCCOc1ccc(C2/C(=C(/O)c3ccc4c(c3)CC(C)O4)C(=O)C(=O)N2c2nnc(SCc3cccc4ccccc34)s2)cc1OCC. The summed E-state index contributed by atoms with van der Waals surface area (Å²) >= 11 is 2.74. The summed E-state index contributed by atoms with van der Waals surface area (Å²) in [6, 6.07) is 24.1. The quantitative estimate of drug-likeness (QED) is 0.0482. The number of aliphatic hydroxyl groups excluding tert-OH is 1. The smallest absolute Gasteiger partial charge is 0.301 e. The number of benzene rings is 4. The van der Waals surface area contributed by atoms with Gasteiger partial charge in [0.15, 0.2) is 15.8 Å². The van der Waals surface area contributed by atoms with Crippen LogP contribution >= 0.6 is 23.1 Å². The van der Waals surface area contributed by atoms with E-state index in [4.69, 9.17) is 14.2 Å². The predicted molar refractivity (Wildman–Crippen MR) is 192 cm³/mol. The van der Waals surface area contributed by atoms with E-state index in [1.54, 1.807) is 30.3 Å². The Balaban J connectivity index is 1.28. The molecular weight excluding hydrogens is 659 g/mol. The number of aliphatic hydroxyl groups is 1. The van der Waals surface area contributed by atoms with E-state index in [-0.39, 0.29) is 22.6 Å². The Bertz CT molecular complexity index is 2090. The number of carbonyl (C=O) groups is 2. The molecule has 2 aliphatic rings. The van der Waals surface area contributed by atoms with Crippen molar-refractivity contribution in [3.63, 3.8) is 0 Å². The minimum absolute atomic E-state index is 0.00786. The zero-order valence-electron chi connectivity index (χ0n) is 27.3. The topological polar surface area (TPSA) is 111 Å². The molecule has 1 N–H and O–H groups in total. The first-order chi connectivity index (χ1) is 23.9. The first kappa shape index (κ1) is 32.7. The van der Waals surface area contributed by atoms with Crippen LogP contribution in [0.5, 0.6) is 17.2 Å². The highest BCUT2D eigenvalue weighted by molar-refractivity contribution is 8.00. The highest BCUT2D eigenvalue weighted by Gasteiger charge is 2.48. The number of anilines is 1. The first-order valence-corrected chi connectivity index (χ1v) is 18.1. The van der Waals surface area contributed by atoms with Crippen molar-refractivity contribution >= 4 is 56.5 Å². The molecule has 1 saturated heterocycles. The van der Waals surface area contributed by atoms with Crippen LogP contribution in [0, 0.1) is 0 Å². The summed E-state index contributed by atoms with van der Waals surface area (Å²) in [4.78, 5) is 29.1. The number of rotatable bonds is 11. The van der Waals surface area contributed by atoms with E-state index in [2.05, 4.69) is 34.5 Å². The van der Waals surface area contributed by atoms with Gasteiger partial charge in [-0.05, 0) is 78.1 Å².